The molecule has 0 spiro atoms. The van der Waals surface area contributed by atoms with E-state index in [0.717, 1.165) is 18.8 Å². The summed E-state index contributed by atoms with van der Waals surface area (Å²) in [5.41, 5.74) is 0.333. The van der Waals surface area contributed by atoms with Crippen molar-refractivity contribution in [3.8, 4) is 0 Å². The van der Waals surface area contributed by atoms with Gasteiger partial charge in [-0.3, -0.25) is 0 Å². The van der Waals surface area contributed by atoms with E-state index in [2.05, 4.69) is 15.3 Å². The van der Waals surface area contributed by atoms with Gasteiger partial charge in [0.1, 0.15) is 12.1 Å². The van der Waals surface area contributed by atoms with Crippen LogP contribution in [0.15, 0.2) is 18.6 Å². The first-order valence-electron chi connectivity index (χ1n) is 4.95. The Balaban J connectivity index is 1.83. The standard InChI is InChI=1S/C10H15N3O/c14-6-4-10(2-3-10)7-12-9-1-5-11-8-13-9/h1,5,8,14H,2-4,6-7H2,(H,11,12,13). The van der Waals surface area contributed by atoms with E-state index in [1.165, 1.54) is 19.2 Å². The van der Waals surface area contributed by atoms with Gasteiger partial charge in [0.15, 0.2) is 0 Å². The first-order chi connectivity index (χ1) is 6.85. The van der Waals surface area contributed by atoms with E-state index in [-0.39, 0.29) is 6.61 Å². The number of aromatic nitrogens is 2. The molecular formula is C10H15N3O. The molecule has 0 aromatic carbocycles. The van der Waals surface area contributed by atoms with Crippen molar-refractivity contribution in [3.63, 3.8) is 0 Å². The molecule has 1 fully saturated rings. The molecule has 0 aliphatic heterocycles. The van der Waals surface area contributed by atoms with Crippen LogP contribution >= 0.6 is 0 Å². The first kappa shape index (κ1) is 9.40. The lowest BCUT2D eigenvalue weighted by molar-refractivity contribution is 0.253. The fraction of sp³-hybridized carbons (Fsp3) is 0.600. The highest BCUT2D eigenvalue weighted by molar-refractivity contribution is 5.32. The molecule has 0 bridgehead atoms. The zero-order valence-electron chi connectivity index (χ0n) is 8.11. The number of anilines is 1. The van der Waals surface area contributed by atoms with Crippen LogP contribution in [0.1, 0.15) is 19.3 Å². The van der Waals surface area contributed by atoms with Crippen LogP contribution in [0.4, 0.5) is 5.82 Å². The van der Waals surface area contributed by atoms with Crippen molar-refractivity contribution >= 4 is 5.82 Å². The van der Waals surface area contributed by atoms with Crippen LogP contribution in [0.3, 0.4) is 0 Å². The molecule has 2 rings (SSSR count). The topological polar surface area (TPSA) is 58.0 Å². The van der Waals surface area contributed by atoms with E-state index in [4.69, 9.17) is 5.11 Å². The number of aliphatic hydroxyl groups is 1. The second-order valence-electron chi connectivity index (χ2n) is 3.92. The predicted octanol–water partition coefficient (Wildman–Crippen LogP) is 1.05. The summed E-state index contributed by atoms with van der Waals surface area (Å²) in [6.45, 7) is 1.19. The molecule has 1 aromatic heterocycles. The number of hydrogen-bond acceptors (Lipinski definition) is 4. The molecule has 1 heterocycles. The minimum atomic E-state index is 0.283. The molecule has 2 N–H and O–H groups in total. The van der Waals surface area contributed by atoms with Gasteiger partial charge in [-0.05, 0) is 30.7 Å². The Bertz CT molecular complexity index is 285. The highest BCUT2D eigenvalue weighted by Gasteiger charge is 2.41. The molecule has 1 aliphatic carbocycles. The van der Waals surface area contributed by atoms with Crippen LogP contribution in [-0.2, 0) is 0 Å². The Kier molecular flexibility index (Phi) is 2.63. The SMILES string of the molecule is OCCC1(CNc2ccncn2)CC1. The molecule has 1 aromatic rings. The molecule has 0 saturated heterocycles. The highest BCUT2D eigenvalue weighted by Crippen LogP contribution is 2.48. The Hall–Kier alpha value is -1.16. The number of aliphatic hydroxyl groups excluding tert-OH is 1. The van der Waals surface area contributed by atoms with Crippen LogP contribution in [0.25, 0.3) is 0 Å². The van der Waals surface area contributed by atoms with Crippen molar-refractivity contribution in [2.45, 2.75) is 19.3 Å². The zero-order chi connectivity index (χ0) is 9.86. The van der Waals surface area contributed by atoms with Gasteiger partial charge in [-0.2, -0.15) is 0 Å². The number of rotatable bonds is 5. The van der Waals surface area contributed by atoms with Gasteiger partial charge >= 0.3 is 0 Å². The summed E-state index contributed by atoms with van der Waals surface area (Å²) in [5, 5.41) is 12.2. The normalized spacial score (nSPS) is 17.8. The lowest BCUT2D eigenvalue weighted by Gasteiger charge is -2.14. The van der Waals surface area contributed by atoms with Crippen LogP contribution in [0.2, 0.25) is 0 Å². The van der Waals surface area contributed by atoms with Crippen LogP contribution in [0.5, 0.6) is 0 Å². The van der Waals surface area contributed by atoms with Crippen molar-refractivity contribution in [2.75, 3.05) is 18.5 Å². The Morgan fingerprint density at radius 3 is 2.93 bits per heavy atom. The second-order valence-corrected chi connectivity index (χ2v) is 3.92. The van der Waals surface area contributed by atoms with Gasteiger partial charge in [0.05, 0.1) is 0 Å². The lowest BCUT2D eigenvalue weighted by atomic mass is 10.0. The monoisotopic (exact) mass is 193 g/mol. The average Bonchev–Trinajstić information content (AvgIpc) is 2.98. The van der Waals surface area contributed by atoms with Gasteiger partial charge in [0.2, 0.25) is 0 Å². The molecule has 0 amide bonds. The van der Waals surface area contributed by atoms with Gasteiger partial charge < -0.3 is 10.4 Å². The van der Waals surface area contributed by atoms with E-state index in [1.54, 1.807) is 6.20 Å². The maximum Gasteiger partial charge on any atom is 0.129 e. The summed E-state index contributed by atoms with van der Waals surface area (Å²) in [7, 11) is 0. The summed E-state index contributed by atoms with van der Waals surface area (Å²) in [6.07, 6.45) is 6.58. The van der Waals surface area contributed by atoms with Crippen LogP contribution < -0.4 is 5.32 Å². The van der Waals surface area contributed by atoms with Crippen molar-refractivity contribution in [1.82, 2.24) is 9.97 Å². The van der Waals surface area contributed by atoms with Gasteiger partial charge in [0, 0.05) is 19.3 Å². The van der Waals surface area contributed by atoms with Gasteiger partial charge in [-0.1, -0.05) is 0 Å². The average molecular weight is 193 g/mol. The molecule has 0 unspecified atom stereocenters. The minimum absolute atomic E-state index is 0.283. The number of nitrogens with one attached hydrogen (secondary N) is 1. The summed E-state index contributed by atoms with van der Waals surface area (Å²) >= 11 is 0. The third kappa shape index (κ3) is 2.20. The first-order valence-corrected chi connectivity index (χ1v) is 4.95. The van der Waals surface area contributed by atoms with E-state index in [9.17, 15) is 0 Å². The van der Waals surface area contributed by atoms with E-state index in [1.807, 2.05) is 6.07 Å². The molecule has 76 valence electrons. The van der Waals surface area contributed by atoms with Crippen molar-refractivity contribution in [3.05, 3.63) is 18.6 Å². The third-order valence-corrected chi connectivity index (χ3v) is 2.83. The lowest BCUT2D eigenvalue weighted by Crippen LogP contribution is -2.17. The van der Waals surface area contributed by atoms with E-state index < -0.39 is 0 Å². The number of hydrogen-bond donors (Lipinski definition) is 2. The Morgan fingerprint density at radius 2 is 2.36 bits per heavy atom. The molecule has 0 radical (unpaired) electrons. The number of nitrogens with zero attached hydrogens (tertiary/aromatic N) is 2. The molecular weight excluding hydrogens is 178 g/mol. The molecule has 0 atom stereocenters. The molecule has 4 heteroatoms. The van der Waals surface area contributed by atoms with Gasteiger partial charge in [-0.25, -0.2) is 9.97 Å². The maximum absolute atomic E-state index is 8.89. The molecule has 4 nitrogen and oxygen atoms in total. The largest absolute Gasteiger partial charge is 0.396 e. The van der Waals surface area contributed by atoms with Crippen molar-refractivity contribution in [1.29, 1.82) is 0 Å². The van der Waals surface area contributed by atoms with Crippen molar-refractivity contribution in [2.24, 2.45) is 5.41 Å². The summed E-state index contributed by atoms with van der Waals surface area (Å²) < 4.78 is 0. The van der Waals surface area contributed by atoms with Crippen LogP contribution in [-0.4, -0.2) is 28.2 Å². The Morgan fingerprint density at radius 1 is 1.50 bits per heavy atom. The predicted molar refractivity (Wildman–Crippen MR) is 53.9 cm³/mol. The zero-order valence-corrected chi connectivity index (χ0v) is 8.11. The second kappa shape index (κ2) is 3.92. The third-order valence-electron chi connectivity index (χ3n) is 2.83. The van der Waals surface area contributed by atoms with E-state index in [0.29, 0.717) is 5.41 Å². The fourth-order valence-electron chi connectivity index (χ4n) is 1.60. The minimum Gasteiger partial charge on any atom is -0.396 e. The van der Waals surface area contributed by atoms with E-state index >= 15 is 0 Å². The fourth-order valence-corrected chi connectivity index (χ4v) is 1.60. The summed E-state index contributed by atoms with van der Waals surface area (Å²) in [6, 6.07) is 1.86. The van der Waals surface area contributed by atoms with Crippen LogP contribution in [0, 0.1) is 5.41 Å². The quantitative estimate of drug-likeness (QED) is 0.734. The molecule has 14 heavy (non-hydrogen) atoms. The summed E-state index contributed by atoms with van der Waals surface area (Å²) in [4.78, 5) is 7.94. The van der Waals surface area contributed by atoms with Crippen molar-refractivity contribution < 1.29 is 5.11 Å². The maximum atomic E-state index is 8.89. The molecule has 1 saturated carbocycles. The smallest absolute Gasteiger partial charge is 0.129 e. The van der Waals surface area contributed by atoms with Gasteiger partial charge in [-0.15, -0.1) is 0 Å². The molecule has 1 aliphatic rings. The van der Waals surface area contributed by atoms with Gasteiger partial charge in [0.25, 0.3) is 0 Å². The Labute approximate surface area is 83.4 Å². The highest BCUT2D eigenvalue weighted by atomic mass is 16.3. The summed E-state index contributed by atoms with van der Waals surface area (Å²) in [5.74, 6) is 0.865.